The summed E-state index contributed by atoms with van der Waals surface area (Å²) in [5.41, 5.74) is 3.88. The fourth-order valence-corrected chi connectivity index (χ4v) is 3.57. The molecule has 0 aliphatic heterocycles. The van der Waals surface area contributed by atoms with Gasteiger partial charge in [-0.1, -0.05) is 36.4 Å². The van der Waals surface area contributed by atoms with E-state index in [1.54, 1.807) is 0 Å². The lowest BCUT2D eigenvalue weighted by Gasteiger charge is -2.23. The van der Waals surface area contributed by atoms with Gasteiger partial charge in [-0.3, -0.25) is 0 Å². The SMILES string of the molecule is CC(C)(C)Oc1cccc(-c2cccc(S)c2-c2cccc(OC(C)(C)C)c2)c1. The average molecular weight is 407 g/mol. The van der Waals surface area contributed by atoms with E-state index in [1.165, 1.54) is 0 Å². The van der Waals surface area contributed by atoms with E-state index < -0.39 is 0 Å². The van der Waals surface area contributed by atoms with E-state index in [9.17, 15) is 0 Å². The molecule has 0 spiro atoms. The summed E-state index contributed by atoms with van der Waals surface area (Å²) < 4.78 is 12.2. The summed E-state index contributed by atoms with van der Waals surface area (Å²) in [5, 5.41) is 0. The first-order chi connectivity index (χ1) is 13.5. The zero-order valence-electron chi connectivity index (χ0n) is 18.1. The third kappa shape index (κ3) is 5.80. The largest absolute Gasteiger partial charge is 0.488 e. The van der Waals surface area contributed by atoms with Gasteiger partial charge in [0, 0.05) is 10.5 Å². The Balaban J connectivity index is 2.08. The zero-order chi connectivity index (χ0) is 21.2. The van der Waals surface area contributed by atoms with Gasteiger partial charge in [0.25, 0.3) is 0 Å². The van der Waals surface area contributed by atoms with Gasteiger partial charge in [-0.2, -0.15) is 0 Å². The standard InChI is InChI=1S/C26H30O2S/c1-25(2,3)27-20-12-7-10-18(16-20)22-14-9-15-23(29)24(22)19-11-8-13-21(17-19)28-26(4,5)6/h7-17,29H,1-6H3. The van der Waals surface area contributed by atoms with Crippen molar-refractivity contribution in [3.63, 3.8) is 0 Å². The van der Waals surface area contributed by atoms with Crippen molar-refractivity contribution >= 4 is 12.6 Å². The number of thiol groups is 1. The van der Waals surface area contributed by atoms with E-state index in [4.69, 9.17) is 22.1 Å². The van der Waals surface area contributed by atoms with Crippen LogP contribution >= 0.6 is 12.6 Å². The van der Waals surface area contributed by atoms with Gasteiger partial charge < -0.3 is 9.47 Å². The van der Waals surface area contributed by atoms with Gasteiger partial charge in [-0.05, 0) is 88.6 Å². The molecule has 0 bridgehead atoms. The molecule has 0 aliphatic carbocycles. The number of hydrogen-bond donors (Lipinski definition) is 1. The summed E-state index contributed by atoms with van der Waals surface area (Å²) in [5.74, 6) is 1.71. The van der Waals surface area contributed by atoms with Crippen LogP contribution in [-0.2, 0) is 0 Å². The number of benzene rings is 3. The Morgan fingerprint density at radius 3 is 1.66 bits per heavy atom. The van der Waals surface area contributed by atoms with Gasteiger partial charge in [0.1, 0.15) is 22.7 Å². The van der Waals surface area contributed by atoms with E-state index in [1.807, 2.05) is 36.4 Å². The van der Waals surface area contributed by atoms with Crippen LogP contribution in [0.2, 0.25) is 0 Å². The molecule has 152 valence electrons. The fraction of sp³-hybridized carbons (Fsp3) is 0.308. The van der Waals surface area contributed by atoms with Crippen LogP contribution in [0.1, 0.15) is 41.5 Å². The third-order valence-electron chi connectivity index (χ3n) is 4.16. The van der Waals surface area contributed by atoms with Crippen LogP contribution in [0.15, 0.2) is 71.6 Å². The molecule has 3 rings (SSSR count). The van der Waals surface area contributed by atoms with Gasteiger partial charge in [-0.25, -0.2) is 0 Å². The van der Waals surface area contributed by atoms with Crippen LogP contribution in [0.5, 0.6) is 11.5 Å². The van der Waals surface area contributed by atoms with Crippen molar-refractivity contribution in [3.8, 4) is 33.8 Å². The molecule has 3 aromatic carbocycles. The summed E-state index contributed by atoms with van der Waals surface area (Å²) in [6.45, 7) is 12.3. The molecule has 0 heterocycles. The van der Waals surface area contributed by atoms with Crippen molar-refractivity contribution in [2.24, 2.45) is 0 Å². The minimum atomic E-state index is -0.249. The van der Waals surface area contributed by atoms with Crippen LogP contribution < -0.4 is 9.47 Å². The molecule has 0 aliphatic rings. The predicted molar refractivity (Wildman–Crippen MR) is 125 cm³/mol. The maximum Gasteiger partial charge on any atom is 0.120 e. The lowest BCUT2D eigenvalue weighted by molar-refractivity contribution is 0.130. The summed E-state index contributed by atoms with van der Waals surface area (Å²) in [6.07, 6.45) is 0. The first-order valence-electron chi connectivity index (χ1n) is 9.93. The third-order valence-corrected chi connectivity index (χ3v) is 4.53. The van der Waals surface area contributed by atoms with Crippen molar-refractivity contribution in [1.82, 2.24) is 0 Å². The van der Waals surface area contributed by atoms with Crippen LogP contribution in [0, 0.1) is 0 Å². The van der Waals surface area contributed by atoms with E-state index in [0.717, 1.165) is 38.6 Å². The Labute approximate surface area is 180 Å². The second-order valence-electron chi connectivity index (χ2n) is 9.18. The van der Waals surface area contributed by atoms with Crippen LogP contribution in [-0.4, -0.2) is 11.2 Å². The maximum absolute atomic E-state index is 6.08. The van der Waals surface area contributed by atoms with E-state index in [0.29, 0.717) is 0 Å². The Bertz CT molecular complexity index is 994. The van der Waals surface area contributed by atoms with Gasteiger partial charge >= 0.3 is 0 Å². The molecule has 0 saturated heterocycles. The molecule has 0 amide bonds. The van der Waals surface area contributed by atoms with Crippen LogP contribution in [0.25, 0.3) is 22.3 Å². The molecule has 2 nitrogen and oxygen atoms in total. The topological polar surface area (TPSA) is 18.5 Å². The van der Waals surface area contributed by atoms with Crippen molar-refractivity contribution in [3.05, 3.63) is 66.7 Å². The Morgan fingerprint density at radius 2 is 1.10 bits per heavy atom. The molecule has 0 saturated carbocycles. The van der Waals surface area contributed by atoms with Crippen molar-refractivity contribution in [1.29, 1.82) is 0 Å². The molecule has 0 unspecified atom stereocenters. The van der Waals surface area contributed by atoms with Crippen molar-refractivity contribution < 1.29 is 9.47 Å². The Morgan fingerprint density at radius 1 is 0.621 bits per heavy atom. The molecular weight excluding hydrogens is 376 g/mol. The smallest absolute Gasteiger partial charge is 0.120 e. The molecule has 0 aromatic heterocycles. The second kappa shape index (κ2) is 8.16. The molecule has 0 N–H and O–H groups in total. The lowest BCUT2D eigenvalue weighted by atomic mass is 9.94. The van der Waals surface area contributed by atoms with Crippen molar-refractivity contribution in [2.75, 3.05) is 0 Å². The molecular formula is C26H30O2S. The minimum Gasteiger partial charge on any atom is -0.488 e. The highest BCUT2D eigenvalue weighted by Gasteiger charge is 2.16. The predicted octanol–water partition coefficient (Wildman–Crippen LogP) is 7.66. The summed E-state index contributed by atoms with van der Waals surface area (Å²) in [6, 6.07) is 22.6. The molecule has 0 fully saturated rings. The maximum atomic E-state index is 6.08. The Hall–Kier alpha value is -2.39. The van der Waals surface area contributed by atoms with E-state index in [-0.39, 0.29) is 11.2 Å². The van der Waals surface area contributed by atoms with E-state index in [2.05, 4.69) is 71.9 Å². The van der Waals surface area contributed by atoms with Gasteiger partial charge in [0.2, 0.25) is 0 Å². The monoisotopic (exact) mass is 406 g/mol. The van der Waals surface area contributed by atoms with Crippen LogP contribution in [0.4, 0.5) is 0 Å². The van der Waals surface area contributed by atoms with Gasteiger partial charge in [0.15, 0.2) is 0 Å². The van der Waals surface area contributed by atoms with E-state index >= 15 is 0 Å². The first kappa shape index (κ1) is 21.3. The minimum absolute atomic E-state index is 0.245. The molecule has 3 aromatic rings. The quantitative estimate of drug-likeness (QED) is 0.448. The Kier molecular flexibility index (Phi) is 6.00. The number of hydrogen-bond acceptors (Lipinski definition) is 3. The highest BCUT2D eigenvalue weighted by Crippen LogP contribution is 2.39. The average Bonchev–Trinajstić information content (AvgIpc) is 2.59. The highest BCUT2D eigenvalue weighted by molar-refractivity contribution is 7.80. The molecule has 0 atom stereocenters. The highest BCUT2D eigenvalue weighted by atomic mass is 32.1. The molecule has 0 radical (unpaired) electrons. The first-order valence-corrected chi connectivity index (χ1v) is 10.4. The number of rotatable bonds is 4. The molecule has 3 heteroatoms. The summed E-state index contributed by atoms with van der Waals surface area (Å²) >= 11 is 4.77. The second-order valence-corrected chi connectivity index (χ2v) is 9.67. The fourth-order valence-electron chi connectivity index (χ4n) is 3.23. The van der Waals surface area contributed by atoms with Crippen molar-refractivity contribution in [2.45, 2.75) is 57.6 Å². The molecule has 29 heavy (non-hydrogen) atoms. The summed E-state index contributed by atoms with van der Waals surface area (Å²) in [4.78, 5) is 0.928. The van der Waals surface area contributed by atoms with Crippen LogP contribution in [0.3, 0.4) is 0 Å². The van der Waals surface area contributed by atoms with Gasteiger partial charge in [-0.15, -0.1) is 12.6 Å². The van der Waals surface area contributed by atoms with Gasteiger partial charge in [0.05, 0.1) is 0 Å². The summed E-state index contributed by atoms with van der Waals surface area (Å²) in [7, 11) is 0. The normalized spacial score (nSPS) is 12.0. The lowest BCUT2D eigenvalue weighted by Crippen LogP contribution is -2.22. The zero-order valence-corrected chi connectivity index (χ0v) is 19.0. The number of ether oxygens (including phenoxy) is 2.